The fraction of sp³-hybridized carbons (Fsp3) is 0.611. The molecule has 1 N–H and O–H groups in total. The molecule has 4 nitrogen and oxygen atoms in total. The normalized spacial score (nSPS) is 20.1. The zero-order valence-electron chi connectivity index (χ0n) is 14.0. The van der Waals surface area contributed by atoms with Gasteiger partial charge in [-0.2, -0.15) is 0 Å². The van der Waals surface area contributed by atoms with Crippen molar-refractivity contribution >= 4 is 5.91 Å². The summed E-state index contributed by atoms with van der Waals surface area (Å²) in [4.78, 5) is 16.8. The summed E-state index contributed by atoms with van der Waals surface area (Å²) in [6.45, 7) is 7.34. The molecule has 0 saturated carbocycles. The van der Waals surface area contributed by atoms with Crippen LogP contribution >= 0.6 is 0 Å². The zero-order valence-corrected chi connectivity index (χ0v) is 14.0. The van der Waals surface area contributed by atoms with Gasteiger partial charge in [-0.3, -0.25) is 4.79 Å². The Labute approximate surface area is 137 Å². The van der Waals surface area contributed by atoms with Crippen LogP contribution in [0.2, 0.25) is 0 Å². The molecule has 1 aliphatic heterocycles. The minimum atomic E-state index is -0.258. The third-order valence-electron chi connectivity index (χ3n) is 4.48. The number of rotatable bonds is 6. The van der Waals surface area contributed by atoms with Gasteiger partial charge in [0.05, 0.1) is 0 Å². The van der Waals surface area contributed by atoms with E-state index in [0.717, 1.165) is 31.6 Å². The number of hydrogen-bond donors (Lipinski definition) is 1. The molecule has 1 fully saturated rings. The van der Waals surface area contributed by atoms with E-state index in [1.54, 1.807) is 12.1 Å². The summed E-state index contributed by atoms with van der Waals surface area (Å²) >= 11 is 0. The topological polar surface area (TPSA) is 43.8 Å². The molecule has 2 rings (SSSR count). The molecule has 1 aromatic carbocycles. The van der Waals surface area contributed by atoms with E-state index in [4.69, 9.17) is 5.11 Å². The molecule has 1 saturated heterocycles. The first kappa shape index (κ1) is 17.9. The molecule has 0 radical (unpaired) electrons. The van der Waals surface area contributed by atoms with E-state index in [-0.39, 0.29) is 24.4 Å². The fourth-order valence-electron chi connectivity index (χ4n) is 3.10. The maximum Gasteiger partial charge on any atom is 0.224 e. The van der Waals surface area contributed by atoms with Gasteiger partial charge >= 0.3 is 0 Å². The number of carbonyl (C=O) groups excluding carboxylic acids is 1. The Bertz CT molecular complexity index is 504. The quantitative estimate of drug-likeness (QED) is 0.874. The second kappa shape index (κ2) is 8.41. The van der Waals surface area contributed by atoms with E-state index in [2.05, 4.69) is 18.7 Å². The van der Waals surface area contributed by atoms with Crippen molar-refractivity contribution in [3.05, 3.63) is 35.6 Å². The molecule has 1 aliphatic rings. The second-order valence-corrected chi connectivity index (χ2v) is 6.59. The molecule has 1 unspecified atom stereocenters. The lowest BCUT2D eigenvalue weighted by Crippen LogP contribution is -2.46. The molecule has 5 heteroatoms. The molecule has 23 heavy (non-hydrogen) atoms. The Kier molecular flexibility index (Phi) is 6.54. The van der Waals surface area contributed by atoms with E-state index in [1.165, 1.54) is 12.1 Å². The smallest absolute Gasteiger partial charge is 0.224 e. The highest BCUT2D eigenvalue weighted by atomic mass is 19.1. The lowest BCUT2D eigenvalue weighted by molar-refractivity contribution is -0.134. The van der Waals surface area contributed by atoms with Crippen molar-refractivity contribution in [3.8, 4) is 0 Å². The van der Waals surface area contributed by atoms with Gasteiger partial charge in [-0.05, 0) is 30.0 Å². The van der Waals surface area contributed by atoms with Crippen molar-refractivity contribution in [1.29, 1.82) is 0 Å². The van der Waals surface area contributed by atoms with Gasteiger partial charge in [0.2, 0.25) is 5.91 Å². The Morgan fingerprint density at radius 1 is 1.30 bits per heavy atom. The number of nitrogens with zero attached hydrogens (tertiary/aromatic N) is 2. The van der Waals surface area contributed by atoms with Gasteiger partial charge in [0.25, 0.3) is 0 Å². The van der Waals surface area contributed by atoms with Crippen molar-refractivity contribution < 1.29 is 14.3 Å². The van der Waals surface area contributed by atoms with Crippen molar-refractivity contribution in [2.24, 2.45) is 5.92 Å². The zero-order chi connectivity index (χ0) is 16.8. The van der Waals surface area contributed by atoms with E-state index in [9.17, 15) is 9.18 Å². The average molecular weight is 322 g/mol. The van der Waals surface area contributed by atoms with Gasteiger partial charge in [-0.15, -0.1) is 0 Å². The summed E-state index contributed by atoms with van der Waals surface area (Å²) in [6.07, 6.45) is 1.23. The highest BCUT2D eigenvalue weighted by Gasteiger charge is 2.31. The van der Waals surface area contributed by atoms with Gasteiger partial charge in [-0.25, -0.2) is 4.39 Å². The number of carbonyl (C=O) groups is 1. The summed E-state index contributed by atoms with van der Waals surface area (Å²) in [5.41, 5.74) is 0.953. The summed E-state index contributed by atoms with van der Waals surface area (Å²) in [6, 6.07) is 6.50. The summed E-state index contributed by atoms with van der Waals surface area (Å²) < 4.78 is 13.1. The summed E-state index contributed by atoms with van der Waals surface area (Å²) in [7, 11) is 0. The number of aliphatic hydroxyl groups is 1. The Morgan fingerprint density at radius 2 is 2.00 bits per heavy atom. The van der Waals surface area contributed by atoms with Crippen molar-refractivity contribution in [2.75, 3.05) is 26.2 Å². The summed E-state index contributed by atoms with van der Waals surface area (Å²) in [5, 5.41) is 9.03. The highest BCUT2D eigenvalue weighted by Crippen LogP contribution is 2.21. The Balaban J connectivity index is 2.13. The lowest BCUT2D eigenvalue weighted by Gasteiger charge is -2.35. The first-order chi connectivity index (χ1) is 11.0. The minimum Gasteiger partial charge on any atom is -0.396 e. The molecule has 1 heterocycles. The third-order valence-corrected chi connectivity index (χ3v) is 4.48. The summed E-state index contributed by atoms with van der Waals surface area (Å²) in [5.74, 6) is 0.236. The van der Waals surface area contributed by atoms with Crippen LogP contribution in [0.15, 0.2) is 24.3 Å². The molecule has 0 aliphatic carbocycles. The number of halogens is 1. The van der Waals surface area contributed by atoms with E-state index in [1.807, 2.05) is 4.90 Å². The molecular weight excluding hydrogens is 295 g/mol. The second-order valence-electron chi connectivity index (χ2n) is 6.59. The predicted molar refractivity (Wildman–Crippen MR) is 88.3 cm³/mol. The number of amides is 1. The van der Waals surface area contributed by atoms with Crippen LogP contribution in [0.1, 0.15) is 32.3 Å². The van der Waals surface area contributed by atoms with Gasteiger partial charge in [0.15, 0.2) is 0 Å². The van der Waals surface area contributed by atoms with Crippen LogP contribution in [-0.2, 0) is 11.3 Å². The fourth-order valence-corrected chi connectivity index (χ4v) is 3.10. The highest BCUT2D eigenvalue weighted by molar-refractivity contribution is 5.77. The molecule has 128 valence electrons. The minimum absolute atomic E-state index is 0.133. The van der Waals surface area contributed by atoms with Crippen LogP contribution in [0, 0.1) is 11.7 Å². The van der Waals surface area contributed by atoms with Gasteiger partial charge in [0, 0.05) is 45.2 Å². The van der Waals surface area contributed by atoms with E-state index >= 15 is 0 Å². The molecule has 0 aromatic heterocycles. The van der Waals surface area contributed by atoms with Crippen LogP contribution in [0.5, 0.6) is 0 Å². The maximum absolute atomic E-state index is 13.1. The lowest BCUT2D eigenvalue weighted by atomic mass is 10.0. The van der Waals surface area contributed by atoms with E-state index in [0.29, 0.717) is 18.9 Å². The van der Waals surface area contributed by atoms with Crippen molar-refractivity contribution in [1.82, 2.24) is 9.80 Å². The van der Waals surface area contributed by atoms with Crippen LogP contribution in [-0.4, -0.2) is 53.1 Å². The van der Waals surface area contributed by atoms with Crippen LogP contribution in [0.3, 0.4) is 0 Å². The molecule has 0 bridgehead atoms. The maximum atomic E-state index is 13.1. The van der Waals surface area contributed by atoms with Crippen molar-refractivity contribution in [3.63, 3.8) is 0 Å². The average Bonchev–Trinajstić information content (AvgIpc) is 2.68. The number of hydrogen-bond acceptors (Lipinski definition) is 3. The largest absolute Gasteiger partial charge is 0.396 e. The predicted octanol–water partition coefficient (Wildman–Crippen LogP) is 2.27. The third kappa shape index (κ3) is 5.01. The molecule has 0 spiro atoms. The first-order valence-electron chi connectivity index (χ1n) is 8.38. The van der Waals surface area contributed by atoms with Gasteiger partial charge in [-0.1, -0.05) is 26.0 Å². The Morgan fingerprint density at radius 3 is 2.61 bits per heavy atom. The van der Waals surface area contributed by atoms with Crippen LogP contribution in [0.25, 0.3) is 0 Å². The Hall–Kier alpha value is -1.46. The standard InChI is InChI=1S/C18H27FN2O2/c1-14(2)17-13-20(9-3-11-22)10-8-18(23)21(17)12-15-4-6-16(19)7-5-15/h4-7,14,17,22H,3,8-13H2,1-2H3. The number of aliphatic hydroxyl groups excluding tert-OH is 1. The SMILES string of the molecule is CC(C)C1CN(CCCO)CCC(=O)N1Cc1ccc(F)cc1. The van der Waals surface area contributed by atoms with Crippen LogP contribution < -0.4 is 0 Å². The molecule has 1 amide bonds. The number of benzene rings is 1. The van der Waals surface area contributed by atoms with Crippen molar-refractivity contribution in [2.45, 2.75) is 39.3 Å². The van der Waals surface area contributed by atoms with Gasteiger partial charge in [0.1, 0.15) is 5.82 Å². The monoisotopic (exact) mass is 322 g/mol. The molecule has 1 atom stereocenters. The van der Waals surface area contributed by atoms with E-state index < -0.39 is 0 Å². The molecule has 1 aromatic rings. The molecular formula is C18H27FN2O2. The van der Waals surface area contributed by atoms with Crippen LogP contribution in [0.4, 0.5) is 4.39 Å². The van der Waals surface area contributed by atoms with Gasteiger partial charge < -0.3 is 14.9 Å². The first-order valence-corrected chi connectivity index (χ1v) is 8.38.